The summed E-state index contributed by atoms with van der Waals surface area (Å²) in [4.78, 5) is 37.1. The lowest BCUT2D eigenvalue weighted by molar-refractivity contribution is -0.123. The Balaban J connectivity index is 1.76. The second-order valence-electron chi connectivity index (χ2n) is 6.75. The number of rotatable bonds is 6. The van der Waals surface area contributed by atoms with Gasteiger partial charge in [0.25, 0.3) is 11.1 Å². The van der Waals surface area contributed by atoms with E-state index in [4.69, 9.17) is 9.84 Å². The second kappa shape index (κ2) is 9.36. The van der Waals surface area contributed by atoms with Gasteiger partial charge in [0.1, 0.15) is 12.4 Å². The van der Waals surface area contributed by atoms with Crippen molar-refractivity contribution < 1.29 is 24.2 Å². The summed E-state index contributed by atoms with van der Waals surface area (Å²) < 4.78 is 7.22. The molecule has 1 aliphatic heterocycles. The molecule has 2 aromatic carbocycles. The molecule has 3 rings (SSSR count). The van der Waals surface area contributed by atoms with Gasteiger partial charge in [-0.3, -0.25) is 14.5 Å². The Labute approximate surface area is 194 Å². The third kappa shape index (κ3) is 4.96. The van der Waals surface area contributed by atoms with Gasteiger partial charge in [-0.2, -0.15) is 0 Å². The van der Waals surface area contributed by atoms with Crippen molar-refractivity contribution in [2.75, 3.05) is 0 Å². The van der Waals surface area contributed by atoms with Crippen LogP contribution in [0.4, 0.5) is 4.79 Å². The van der Waals surface area contributed by atoms with Crippen molar-refractivity contribution in [2.24, 2.45) is 0 Å². The maximum atomic E-state index is 12.5. The molecular weight excluding hydrogens is 538 g/mol. The Morgan fingerprint density at radius 1 is 1.17 bits per heavy atom. The van der Waals surface area contributed by atoms with Crippen LogP contribution in [-0.4, -0.2) is 33.2 Å². The highest BCUT2D eigenvalue weighted by Crippen LogP contribution is 2.38. The van der Waals surface area contributed by atoms with Crippen LogP contribution in [0, 0.1) is 0 Å². The summed E-state index contributed by atoms with van der Waals surface area (Å²) >= 11 is 7.89. The molecule has 30 heavy (non-hydrogen) atoms. The quantitative estimate of drug-likeness (QED) is 0.445. The van der Waals surface area contributed by atoms with Gasteiger partial charge in [0, 0.05) is 6.04 Å². The van der Waals surface area contributed by atoms with Crippen LogP contribution in [0.25, 0.3) is 6.08 Å². The predicted octanol–water partition coefficient (Wildman–Crippen LogP) is 5.93. The van der Waals surface area contributed by atoms with Crippen LogP contribution in [-0.2, 0) is 11.4 Å². The highest BCUT2D eigenvalue weighted by atomic mass is 79.9. The first-order valence-corrected chi connectivity index (χ1v) is 11.3. The molecule has 1 saturated heterocycles. The number of hydrogen-bond donors (Lipinski definition) is 1. The average Bonchev–Trinajstić information content (AvgIpc) is 2.94. The molecule has 0 atom stereocenters. The van der Waals surface area contributed by atoms with Crippen molar-refractivity contribution >= 4 is 66.8 Å². The summed E-state index contributed by atoms with van der Waals surface area (Å²) in [7, 11) is 0. The van der Waals surface area contributed by atoms with E-state index in [0.717, 1.165) is 22.9 Å². The number of ether oxygens (including phenoxy) is 1. The number of thioether (sulfide) groups is 1. The summed E-state index contributed by atoms with van der Waals surface area (Å²) in [6.45, 7) is 3.85. The minimum absolute atomic E-state index is 0.192. The van der Waals surface area contributed by atoms with Gasteiger partial charge in [-0.25, -0.2) is 4.79 Å². The summed E-state index contributed by atoms with van der Waals surface area (Å²) in [6.07, 6.45) is 1.68. The van der Waals surface area contributed by atoms with Crippen LogP contribution in [0.3, 0.4) is 0 Å². The first-order chi connectivity index (χ1) is 14.2. The molecule has 0 unspecified atom stereocenters. The van der Waals surface area contributed by atoms with E-state index in [1.165, 1.54) is 17.0 Å². The fraction of sp³-hybridized carbons (Fsp3) is 0.190. The molecule has 0 aliphatic carbocycles. The van der Waals surface area contributed by atoms with E-state index in [-0.39, 0.29) is 29.4 Å². The number of nitrogens with zero attached hydrogens (tertiary/aromatic N) is 1. The normalized spacial score (nSPS) is 15.4. The second-order valence-corrected chi connectivity index (χ2v) is 9.45. The summed E-state index contributed by atoms with van der Waals surface area (Å²) in [5, 5.41) is 8.69. The van der Waals surface area contributed by atoms with Gasteiger partial charge in [0.2, 0.25) is 0 Å². The largest absolute Gasteiger partial charge is 0.487 e. The summed E-state index contributed by atoms with van der Waals surface area (Å²) in [5.41, 5.74) is 1.78. The highest BCUT2D eigenvalue weighted by molar-refractivity contribution is 9.11. The monoisotopic (exact) mass is 553 g/mol. The smallest absolute Gasteiger partial charge is 0.335 e. The van der Waals surface area contributed by atoms with E-state index >= 15 is 0 Å². The van der Waals surface area contributed by atoms with Crippen molar-refractivity contribution in [3.63, 3.8) is 0 Å². The minimum Gasteiger partial charge on any atom is -0.487 e. The lowest BCUT2D eigenvalue weighted by Crippen LogP contribution is -2.34. The molecule has 1 aliphatic rings. The van der Waals surface area contributed by atoms with Crippen LogP contribution in [0.1, 0.15) is 35.3 Å². The first kappa shape index (κ1) is 22.6. The maximum absolute atomic E-state index is 12.5. The molecule has 2 aromatic rings. The molecule has 1 N–H and O–H groups in total. The maximum Gasteiger partial charge on any atom is 0.335 e. The number of carbonyl (C=O) groups excluding carboxylic acids is 2. The Kier molecular flexibility index (Phi) is 7.05. The molecule has 1 heterocycles. The van der Waals surface area contributed by atoms with E-state index in [0.29, 0.717) is 19.6 Å². The van der Waals surface area contributed by atoms with Crippen molar-refractivity contribution in [3.8, 4) is 5.75 Å². The average molecular weight is 555 g/mol. The number of benzene rings is 2. The van der Waals surface area contributed by atoms with Gasteiger partial charge >= 0.3 is 5.97 Å². The topological polar surface area (TPSA) is 83.9 Å². The lowest BCUT2D eigenvalue weighted by atomic mass is 10.1. The SMILES string of the molecule is CC(C)N1C(=O)S/C(=C/c2cc(Br)c(OCc3ccc(C(=O)O)cc3)c(Br)c2)C1=O. The van der Waals surface area contributed by atoms with Gasteiger partial charge < -0.3 is 9.84 Å². The molecule has 9 heteroatoms. The number of carboxylic acids is 1. The molecule has 1 fully saturated rings. The molecule has 0 saturated carbocycles. The minimum atomic E-state index is -0.977. The van der Waals surface area contributed by atoms with Crippen molar-refractivity contribution in [2.45, 2.75) is 26.5 Å². The number of carboxylic acid groups (broad SMARTS) is 1. The standard InChI is InChI=1S/C21H17Br2NO5S/c1-11(2)24-19(25)17(30-21(24)28)9-13-7-15(22)18(16(23)8-13)29-10-12-3-5-14(6-4-12)20(26)27/h3-9,11H,10H2,1-2H3,(H,26,27)/b17-9+. The highest BCUT2D eigenvalue weighted by Gasteiger charge is 2.36. The predicted molar refractivity (Wildman–Crippen MR) is 123 cm³/mol. The van der Waals surface area contributed by atoms with Gasteiger partial charge in [-0.05, 0) is 98.9 Å². The lowest BCUT2D eigenvalue weighted by Gasteiger charge is -2.16. The zero-order valence-corrected chi connectivity index (χ0v) is 20.0. The fourth-order valence-corrected chi connectivity index (χ4v) is 5.19. The number of hydrogen-bond acceptors (Lipinski definition) is 5. The Bertz CT molecular complexity index is 1030. The van der Waals surface area contributed by atoms with Crippen molar-refractivity contribution in [1.29, 1.82) is 0 Å². The number of halogens is 2. The summed E-state index contributed by atoms with van der Waals surface area (Å²) in [6, 6.07) is 9.86. The Hall–Kier alpha value is -2.10. The Morgan fingerprint density at radius 3 is 2.27 bits per heavy atom. The van der Waals surface area contributed by atoms with E-state index < -0.39 is 5.97 Å². The van der Waals surface area contributed by atoms with Gasteiger partial charge in [0.15, 0.2) is 0 Å². The number of imide groups is 1. The fourth-order valence-electron chi connectivity index (χ4n) is 2.78. The number of carbonyl (C=O) groups is 3. The summed E-state index contributed by atoms with van der Waals surface area (Å²) in [5.74, 6) is -0.697. The van der Waals surface area contributed by atoms with Crippen LogP contribution >= 0.6 is 43.6 Å². The molecule has 2 amide bonds. The Morgan fingerprint density at radius 2 is 1.77 bits per heavy atom. The van der Waals surface area contributed by atoms with Crippen LogP contribution in [0.2, 0.25) is 0 Å². The van der Waals surface area contributed by atoms with E-state index in [1.807, 2.05) is 0 Å². The van der Waals surface area contributed by atoms with Crippen molar-refractivity contribution in [3.05, 3.63) is 66.9 Å². The third-order valence-electron chi connectivity index (χ3n) is 4.24. The van der Waals surface area contributed by atoms with E-state index in [9.17, 15) is 14.4 Å². The van der Waals surface area contributed by atoms with Gasteiger partial charge in [-0.1, -0.05) is 12.1 Å². The molecule has 0 spiro atoms. The van der Waals surface area contributed by atoms with E-state index in [2.05, 4.69) is 31.9 Å². The van der Waals surface area contributed by atoms with Crippen molar-refractivity contribution in [1.82, 2.24) is 4.90 Å². The zero-order chi connectivity index (χ0) is 22.0. The van der Waals surface area contributed by atoms with Gasteiger partial charge in [0.05, 0.1) is 19.4 Å². The molecule has 0 bridgehead atoms. The molecule has 0 aromatic heterocycles. The van der Waals surface area contributed by atoms with Crippen LogP contribution in [0.15, 0.2) is 50.2 Å². The van der Waals surface area contributed by atoms with Gasteiger partial charge in [-0.15, -0.1) is 0 Å². The molecule has 156 valence electrons. The molecular formula is C21H17Br2NO5S. The first-order valence-electron chi connectivity index (χ1n) is 8.88. The van der Waals surface area contributed by atoms with Crippen LogP contribution in [0.5, 0.6) is 5.75 Å². The third-order valence-corrected chi connectivity index (χ3v) is 6.30. The molecule has 6 nitrogen and oxygen atoms in total. The number of amides is 2. The van der Waals surface area contributed by atoms with E-state index in [1.54, 1.807) is 44.2 Å². The van der Waals surface area contributed by atoms with Crippen LogP contribution < -0.4 is 4.74 Å². The number of aromatic carboxylic acids is 1. The zero-order valence-electron chi connectivity index (χ0n) is 16.0. The molecule has 0 radical (unpaired) electrons.